The molecule has 1 rings (SSSR count). The number of nitrogens with one attached hydrogen (secondary N) is 2. The van der Waals surface area contributed by atoms with Crippen LogP contribution in [-0.4, -0.2) is 45.8 Å². The van der Waals surface area contributed by atoms with Gasteiger partial charge in [0.1, 0.15) is 0 Å². The molecule has 0 aliphatic carbocycles. The van der Waals surface area contributed by atoms with Crippen molar-refractivity contribution >= 4 is 27.5 Å². The first-order valence-corrected chi connectivity index (χ1v) is 7.70. The molecule has 8 heteroatoms. The fourth-order valence-corrected chi connectivity index (χ4v) is 2.47. The van der Waals surface area contributed by atoms with Crippen molar-refractivity contribution in [2.24, 2.45) is 0 Å². The Kier molecular flexibility index (Phi) is 5.73. The molecule has 0 bridgehead atoms. The summed E-state index contributed by atoms with van der Waals surface area (Å²) in [5.74, 6) is -0.110. The van der Waals surface area contributed by atoms with Crippen molar-refractivity contribution in [3.05, 3.63) is 22.4 Å². The molecule has 2 N–H and O–H groups in total. The topological polar surface area (TPSA) is 78.5 Å². The van der Waals surface area contributed by atoms with Crippen LogP contribution in [0, 0.1) is 0 Å². The van der Waals surface area contributed by atoms with Crippen molar-refractivity contribution in [2.75, 3.05) is 27.2 Å². The summed E-state index contributed by atoms with van der Waals surface area (Å²) in [6.07, 6.45) is 0.331. The molecule has 0 atom stereocenters. The van der Waals surface area contributed by atoms with E-state index in [4.69, 9.17) is 0 Å². The van der Waals surface area contributed by atoms with E-state index in [1.165, 1.54) is 25.4 Å². The van der Waals surface area contributed by atoms with E-state index in [1.54, 1.807) is 0 Å². The first-order valence-electron chi connectivity index (χ1n) is 5.38. The standard InChI is InChI=1S/C10H17N3O3S2/c1-13(2)18(15,16)12-6-5-11-10(14)8-9-4-3-7-17-9/h3-4,7,12H,5-6,8H2,1-2H3,(H,11,14). The number of carbonyl (C=O) groups is 1. The molecule has 0 unspecified atom stereocenters. The lowest BCUT2D eigenvalue weighted by Gasteiger charge is -2.12. The van der Waals surface area contributed by atoms with Crippen LogP contribution in [0.5, 0.6) is 0 Å². The van der Waals surface area contributed by atoms with Crippen molar-refractivity contribution in [3.8, 4) is 0 Å². The molecule has 18 heavy (non-hydrogen) atoms. The molecule has 0 aromatic carbocycles. The average molecular weight is 291 g/mol. The van der Waals surface area contributed by atoms with Crippen LogP contribution in [0.2, 0.25) is 0 Å². The molecule has 0 saturated heterocycles. The first-order chi connectivity index (χ1) is 8.42. The Hall–Kier alpha value is -0.960. The second-order valence-electron chi connectivity index (χ2n) is 3.79. The normalized spacial score (nSPS) is 11.7. The lowest BCUT2D eigenvalue weighted by atomic mass is 10.3. The maximum Gasteiger partial charge on any atom is 0.278 e. The van der Waals surface area contributed by atoms with Gasteiger partial charge in [0.25, 0.3) is 10.2 Å². The fraction of sp³-hybridized carbons (Fsp3) is 0.500. The molecule has 0 aliphatic rings. The van der Waals surface area contributed by atoms with Gasteiger partial charge in [-0.25, -0.2) is 4.72 Å². The van der Waals surface area contributed by atoms with E-state index in [2.05, 4.69) is 10.0 Å². The zero-order valence-corrected chi connectivity index (χ0v) is 12.0. The van der Waals surface area contributed by atoms with E-state index < -0.39 is 10.2 Å². The predicted molar refractivity (Wildman–Crippen MR) is 71.6 cm³/mol. The van der Waals surface area contributed by atoms with Crippen molar-refractivity contribution < 1.29 is 13.2 Å². The Labute approximate surface area is 111 Å². The summed E-state index contributed by atoms with van der Waals surface area (Å²) >= 11 is 1.52. The molecule has 0 fully saturated rings. The number of thiophene rings is 1. The third-order valence-corrected chi connectivity index (χ3v) is 4.53. The summed E-state index contributed by atoms with van der Waals surface area (Å²) in [5, 5.41) is 4.57. The Morgan fingerprint density at radius 2 is 2.11 bits per heavy atom. The van der Waals surface area contributed by atoms with Crippen molar-refractivity contribution in [3.63, 3.8) is 0 Å². The fourth-order valence-electron chi connectivity index (χ4n) is 1.14. The zero-order chi connectivity index (χ0) is 13.6. The van der Waals surface area contributed by atoms with E-state index >= 15 is 0 Å². The number of hydrogen-bond acceptors (Lipinski definition) is 4. The molecule has 1 heterocycles. The van der Waals surface area contributed by atoms with Gasteiger partial charge in [0.05, 0.1) is 6.42 Å². The van der Waals surface area contributed by atoms with Crippen molar-refractivity contribution in [2.45, 2.75) is 6.42 Å². The van der Waals surface area contributed by atoms with Gasteiger partial charge in [-0.2, -0.15) is 12.7 Å². The van der Waals surface area contributed by atoms with Crippen LogP contribution in [0.15, 0.2) is 17.5 Å². The lowest BCUT2D eigenvalue weighted by molar-refractivity contribution is -0.120. The molecular weight excluding hydrogens is 274 g/mol. The van der Waals surface area contributed by atoms with Gasteiger partial charge in [-0.1, -0.05) is 6.07 Å². The minimum Gasteiger partial charge on any atom is -0.354 e. The van der Waals surface area contributed by atoms with Gasteiger partial charge in [-0.3, -0.25) is 4.79 Å². The second kappa shape index (κ2) is 6.83. The maximum absolute atomic E-state index is 11.5. The average Bonchev–Trinajstić information content (AvgIpc) is 2.77. The Morgan fingerprint density at radius 3 is 2.67 bits per heavy atom. The molecule has 1 amide bonds. The highest BCUT2D eigenvalue weighted by Crippen LogP contribution is 2.08. The summed E-state index contributed by atoms with van der Waals surface area (Å²) < 4.78 is 26.1. The van der Waals surface area contributed by atoms with E-state index in [0.29, 0.717) is 6.42 Å². The summed E-state index contributed by atoms with van der Waals surface area (Å²) in [4.78, 5) is 12.5. The summed E-state index contributed by atoms with van der Waals surface area (Å²) in [7, 11) is -0.528. The monoisotopic (exact) mass is 291 g/mol. The van der Waals surface area contributed by atoms with Crippen molar-refractivity contribution in [1.29, 1.82) is 0 Å². The smallest absolute Gasteiger partial charge is 0.278 e. The third-order valence-electron chi connectivity index (χ3n) is 2.13. The van der Waals surface area contributed by atoms with Gasteiger partial charge in [-0.05, 0) is 11.4 Å². The van der Waals surface area contributed by atoms with Crippen LogP contribution in [0.3, 0.4) is 0 Å². The Morgan fingerprint density at radius 1 is 1.39 bits per heavy atom. The number of amides is 1. The number of carbonyl (C=O) groups excluding carboxylic acids is 1. The molecule has 102 valence electrons. The van der Waals surface area contributed by atoms with Crippen LogP contribution < -0.4 is 10.0 Å². The highest BCUT2D eigenvalue weighted by Gasteiger charge is 2.11. The molecule has 1 aromatic rings. The van der Waals surface area contributed by atoms with Crippen LogP contribution in [0.4, 0.5) is 0 Å². The first kappa shape index (κ1) is 15.1. The Balaban J connectivity index is 2.20. The SMILES string of the molecule is CN(C)S(=O)(=O)NCCNC(=O)Cc1cccs1. The van der Waals surface area contributed by atoms with Crippen molar-refractivity contribution in [1.82, 2.24) is 14.3 Å². The van der Waals surface area contributed by atoms with E-state index in [9.17, 15) is 13.2 Å². The van der Waals surface area contributed by atoms with Crippen LogP contribution in [0.1, 0.15) is 4.88 Å². The van der Waals surface area contributed by atoms with Gasteiger partial charge in [-0.15, -0.1) is 11.3 Å². The van der Waals surface area contributed by atoms with Crippen LogP contribution >= 0.6 is 11.3 Å². The number of rotatable bonds is 7. The van der Waals surface area contributed by atoms with Crippen LogP contribution in [-0.2, 0) is 21.4 Å². The molecule has 0 aliphatic heterocycles. The number of nitrogens with zero attached hydrogens (tertiary/aromatic N) is 1. The van der Waals surface area contributed by atoms with Gasteiger partial charge in [0.15, 0.2) is 0 Å². The van der Waals surface area contributed by atoms with Gasteiger partial charge in [0.2, 0.25) is 5.91 Å². The summed E-state index contributed by atoms with van der Waals surface area (Å²) in [5.41, 5.74) is 0. The zero-order valence-electron chi connectivity index (χ0n) is 10.3. The summed E-state index contributed by atoms with van der Waals surface area (Å²) in [6, 6.07) is 3.78. The predicted octanol–water partition coefficient (Wildman–Crippen LogP) is -0.197. The van der Waals surface area contributed by atoms with E-state index in [1.807, 2.05) is 17.5 Å². The maximum atomic E-state index is 11.5. The molecule has 1 aromatic heterocycles. The quantitative estimate of drug-likeness (QED) is 0.683. The molecular formula is C10H17N3O3S2. The summed E-state index contributed by atoms with van der Waals surface area (Å²) in [6.45, 7) is 0.452. The highest BCUT2D eigenvalue weighted by atomic mass is 32.2. The minimum absolute atomic E-state index is 0.110. The third kappa shape index (κ3) is 5.13. The van der Waals surface area contributed by atoms with E-state index in [-0.39, 0.29) is 19.0 Å². The lowest BCUT2D eigenvalue weighted by Crippen LogP contribution is -2.40. The second-order valence-corrected chi connectivity index (χ2v) is 6.79. The highest BCUT2D eigenvalue weighted by molar-refractivity contribution is 7.87. The minimum atomic E-state index is -3.41. The largest absolute Gasteiger partial charge is 0.354 e. The molecule has 6 nitrogen and oxygen atoms in total. The van der Waals surface area contributed by atoms with Gasteiger partial charge in [0, 0.05) is 32.1 Å². The molecule has 0 radical (unpaired) electrons. The molecule has 0 spiro atoms. The van der Waals surface area contributed by atoms with Crippen LogP contribution in [0.25, 0.3) is 0 Å². The molecule has 0 saturated carbocycles. The number of hydrogen-bond donors (Lipinski definition) is 2. The van der Waals surface area contributed by atoms with Gasteiger partial charge < -0.3 is 5.32 Å². The van der Waals surface area contributed by atoms with Gasteiger partial charge >= 0.3 is 0 Å². The Bertz CT molecular complexity index is 469. The van der Waals surface area contributed by atoms with E-state index in [0.717, 1.165) is 9.18 Å².